The second-order valence-corrected chi connectivity index (χ2v) is 6.45. The molecular formula is C17H26BrF2N. The van der Waals surface area contributed by atoms with E-state index < -0.39 is 11.6 Å². The Hall–Kier alpha value is -0.480. The first-order valence-corrected chi connectivity index (χ1v) is 8.71. The smallest absolute Gasteiger partial charge is 0.132 e. The summed E-state index contributed by atoms with van der Waals surface area (Å²) in [6.07, 6.45) is 9.20. The van der Waals surface area contributed by atoms with Gasteiger partial charge in [-0.1, -0.05) is 67.8 Å². The molecule has 1 N–H and O–H groups in total. The molecule has 0 heterocycles. The molecule has 21 heavy (non-hydrogen) atoms. The number of rotatable bonds is 10. The summed E-state index contributed by atoms with van der Waals surface area (Å²) in [7, 11) is 1.76. The molecule has 1 rings (SSSR count). The van der Waals surface area contributed by atoms with Gasteiger partial charge < -0.3 is 5.32 Å². The first-order valence-electron chi connectivity index (χ1n) is 7.91. The van der Waals surface area contributed by atoms with Gasteiger partial charge in [-0.3, -0.25) is 0 Å². The molecular weight excluding hydrogens is 336 g/mol. The van der Waals surface area contributed by atoms with E-state index in [-0.39, 0.29) is 11.6 Å². The molecule has 1 atom stereocenters. The molecule has 0 saturated carbocycles. The summed E-state index contributed by atoms with van der Waals surface area (Å²) < 4.78 is 28.3. The van der Waals surface area contributed by atoms with Crippen LogP contribution in [-0.2, 0) is 0 Å². The minimum atomic E-state index is -0.482. The van der Waals surface area contributed by atoms with E-state index in [4.69, 9.17) is 0 Å². The van der Waals surface area contributed by atoms with Crippen LogP contribution in [0.1, 0.15) is 69.9 Å². The zero-order chi connectivity index (χ0) is 15.7. The van der Waals surface area contributed by atoms with Crippen molar-refractivity contribution >= 4 is 15.9 Å². The predicted octanol–water partition coefficient (Wildman–Crippen LogP) is 6.13. The normalized spacial score (nSPS) is 12.6. The van der Waals surface area contributed by atoms with Crippen molar-refractivity contribution in [2.24, 2.45) is 0 Å². The second-order valence-electron chi connectivity index (χ2n) is 5.53. The highest BCUT2D eigenvalue weighted by Gasteiger charge is 2.19. The van der Waals surface area contributed by atoms with Crippen LogP contribution in [0.3, 0.4) is 0 Å². The fourth-order valence-corrected chi connectivity index (χ4v) is 3.03. The maximum atomic E-state index is 14.0. The van der Waals surface area contributed by atoms with Crippen molar-refractivity contribution in [2.45, 2.75) is 64.3 Å². The van der Waals surface area contributed by atoms with Crippen LogP contribution in [0.25, 0.3) is 0 Å². The standard InChI is InChI=1S/C17H26BrF2N/c1-3-4-5-6-7-8-9-10-16(21-2)17-14(19)11-13(18)12-15(17)20/h11-12,16,21H,3-10H2,1-2H3. The highest BCUT2D eigenvalue weighted by molar-refractivity contribution is 9.10. The Morgan fingerprint density at radius 3 is 2.05 bits per heavy atom. The van der Waals surface area contributed by atoms with Gasteiger partial charge in [-0.05, 0) is 25.6 Å². The lowest BCUT2D eigenvalue weighted by Gasteiger charge is -2.18. The molecule has 0 saturated heterocycles. The molecule has 4 heteroatoms. The van der Waals surface area contributed by atoms with E-state index in [1.54, 1.807) is 7.05 Å². The van der Waals surface area contributed by atoms with Crippen molar-refractivity contribution in [3.8, 4) is 0 Å². The first-order chi connectivity index (χ1) is 10.1. The fraction of sp³-hybridized carbons (Fsp3) is 0.647. The minimum Gasteiger partial charge on any atom is -0.313 e. The average Bonchev–Trinajstić information content (AvgIpc) is 2.43. The number of benzene rings is 1. The van der Waals surface area contributed by atoms with Gasteiger partial charge in [0.1, 0.15) is 11.6 Å². The topological polar surface area (TPSA) is 12.0 Å². The van der Waals surface area contributed by atoms with Gasteiger partial charge in [0.25, 0.3) is 0 Å². The lowest BCUT2D eigenvalue weighted by Crippen LogP contribution is -2.19. The highest BCUT2D eigenvalue weighted by Crippen LogP contribution is 2.28. The lowest BCUT2D eigenvalue weighted by molar-refractivity contribution is 0.449. The molecule has 0 bridgehead atoms. The fourth-order valence-electron chi connectivity index (χ4n) is 2.62. The lowest BCUT2D eigenvalue weighted by atomic mass is 9.98. The van der Waals surface area contributed by atoms with Crippen LogP contribution in [0.5, 0.6) is 0 Å². The largest absolute Gasteiger partial charge is 0.313 e. The molecule has 1 aromatic carbocycles. The Kier molecular flexibility index (Phi) is 9.09. The quantitative estimate of drug-likeness (QED) is 0.494. The van der Waals surface area contributed by atoms with Crippen LogP contribution < -0.4 is 5.32 Å². The van der Waals surface area contributed by atoms with Crippen molar-refractivity contribution in [1.82, 2.24) is 5.32 Å². The molecule has 0 radical (unpaired) electrons. The van der Waals surface area contributed by atoms with Crippen LogP contribution in [0.2, 0.25) is 0 Å². The third-order valence-electron chi connectivity index (χ3n) is 3.84. The molecule has 0 aromatic heterocycles. The van der Waals surface area contributed by atoms with E-state index in [1.165, 1.54) is 44.2 Å². The Labute approximate surface area is 135 Å². The number of hydrogen-bond donors (Lipinski definition) is 1. The number of halogens is 3. The summed E-state index contributed by atoms with van der Waals surface area (Å²) in [4.78, 5) is 0. The van der Waals surface area contributed by atoms with Gasteiger partial charge in [0.2, 0.25) is 0 Å². The highest BCUT2D eigenvalue weighted by atomic mass is 79.9. The molecule has 0 aliphatic heterocycles. The summed E-state index contributed by atoms with van der Waals surface area (Å²) in [5, 5.41) is 3.04. The van der Waals surface area contributed by atoms with Crippen LogP contribution >= 0.6 is 15.9 Å². The zero-order valence-corrected chi connectivity index (χ0v) is 14.6. The first kappa shape index (κ1) is 18.6. The Balaban J connectivity index is 2.45. The van der Waals surface area contributed by atoms with E-state index in [2.05, 4.69) is 28.2 Å². The number of nitrogens with one attached hydrogen (secondary N) is 1. The van der Waals surface area contributed by atoms with Crippen molar-refractivity contribution in [2.75, 3.05) is 7.05 Å². The van der Waals surface area contributed by atoms with E-state index in [9.17, 15) is 8.78 Å². The van der Waals surface area contributed by atoms with E-state index in [0.717, 1.165) is 19.3 Å². The summed E-state index contributed by atoms with van der Waals surface area (Å²) in [6.45, 7) is 2.21. The molecule has 0 fully saturated rings. The second kappa shape index (κ2) is 10.3. The van der Waals surface area contributed by atoms with Gasteiger partial charge in [0.15, 0.2) is 0 Å². The monoisotopic (exact) mass is 361 g/mol. The molecule has 1 unspecified atom stereocenters. The Bertz CT molecular complexity index is 400. The summed E-state index contributed by atoms with van der Waals surface area (Å²) in [5.41, 5.74) is 0.159. The van der Waals surface area contributed by atoms with Crippen molar-refractivity contribution < 1.29 is 8.78 Å². The van der Waals surface area contributed by atoms with Gasteiger partial charge >= 0.3 is 0 Å². The zero-order valence-electron chi connectivity index (χ0n) is 13.0. The Morgan fingerprint density at radius 2 is 1.52 bits per heavy atom. The van der Waals surface area contributed by atoms with Crippen molar-refractivity contribution in [3.05, 3.63) is 33.8 Å². The molecule has 0 amide bonds. The minimum absolute atomic E-state index is 0.159. The summed E-state index contributed by atoms with van der Waals surface area (Å²) in [6, 6.07) is 2.40. The van der Waals surface area contributed by atoms with E-state index in [0.29, 0.717) is 4.47 Å². The predicted molar refractivity (Wildman–Crippen MR) is 88.5 cm³/mol. The van der Waals surface area contributed by atoms with Gasteiger partial charge in [0, 0.05) is 16.1 Å². The van der Waals surface area contributed by atoms with Crippen LogP contribution in [-0.4, -0.2) is 7.05 Å². The van der Waals surface area contributed by atoms with Gasteiger partial charge in [-0.25, -0.2) is 8.78 Å². The Morgan fingerprint density at radius 1 is 1.00 bits per heavy atom. The third-order valence-corrected chi connectivity index (χ3v) is 4.29. The molecule has 1 nitrogen and oxygen atoms in total. The van der Waals surface area contributed by atoms with Crippen LogP contribution in [0.15, 0.2) is 16.6 Å². The molecule has 0 aliphatic rings. The van der Waals surface area contributed by atoms with Gasteiger partial charge in [0.05, 0.1) is 0 Å². The van der Waals surface area contributed by atoms with Crippen LogP contribution in [0.4, 0.5) is 8.78 Å². The summed E-state index contributed by atoms with van der Waals surface area (Å²) in [5.74, 6) is -0.964. The number of unbranched alkanes of at least 4 members (excludes halogenated alkanes) is 6. The average molecular weight is 362 g/mol. The van der Waals surface area contributed by atoms with Crippen molar-refractivity contribution in [3.63, 3.8) is 0 Å². The van der Waals surface area contributed by atoms with Gasteiger partial charge in [-0.15, -0.1) is 0 Å². The summed E-state index contributed by atoms with van der Waals surface area (Å²) >= 11 is 3.11. The molecule has 120 valence electrons. The number of hydrogen-bond acceptors (Lipinski definition) is 1. The van der Waals surface area contributed by atoms with Crippen molar-refractivity contribution in [1.29, 1.82) is 0 Å². The maximum Gasteiger partial charge on any atom is 0.132 e. The molecule has 0 aliphatic carbocycles. The van der Waals surface area contributed by atoms with Gasteiger partial charge in [-0.2, -0.15) is 0 Å². The third kappa shape index (κ3) is 6.43. The molecule has 1 aromatic rings. The van der Waals surface area contributed by atoms with Crippen LogP contribution in [0, 0.1) is 11.6 Å². The maximum absolute atomic E-state index is 14.0. The SMILES string of the molecule is CCCCCCCCCC(NC)c1c(F)cc(Br)cc1F. The molecule has 0 spiro atoms. The van der Waals surface area contributed by atoms with E-state index >= 15 is 0 Å². The van der Waals surface area contributed by atoms with E-state index in [1.807, 2.05) is 0 Å².